The van der Waals surface area contributed by atoms with Crippen LogP contribution in [-0.4, -0.2) is 10.1 Å². The van der Waals surface area contributed by atoms with E-state index in [2.05, 4.69) is 4.98 Å². The van der Waals surface area contributed by atoms with Gasteiger partial charge in [0.1, 0.15) is 19.0 Å². The Labute approximate surface area is 161 Å². The average molecular weight is 373 g/mol. The number of pyridine rings is 1. The van der Waals surface area contributed by atoms with Gasteiger partial charge >= 0.3 is 0 Å². The van der Waals surface area contributed by atoms with Crippen LogP contribution in [0.15, 0.2) is 83.7 Å². The van der Waals surface area contributed by atoms with Gasteiger partial charge in [0, 0.05) is 11.5 Å². The molecule has 0 saturated heterocycles. The third-order valence-electron chi connectivity index (χ3n) is 4.39. The van der Waals surface area contributed by atoms with Gasteiger partial charge < -0.3 is 19.6 Å². The SMILES string of the molecule is O=c1[nH]c2cc(OCc3ccccc3)ccc2c(O)c1OCc1ccccc1. The molecule has 140 valence electrons. The summed E-state index contributed by atoms with van der Waals surface area (Å²) in [6, 6.07) is 24.4. The molecule has 0 saturated carbocycles. The smallest absolute Gasteiger partial charge is 0.294 e. The summed E-state index contributed by atoms with van der Waals surface area (Å²) in [6.45, 7) is 0.613. The monoisotopic (exact) mass is 373 g/mol. The molecule has 4 aromatic rings. The van der Waals surface area contributed by atoms with Crippen molar-refractivity contribution in [1.82, 2.24) is 4.98 Å². The van der Waals surface area contributed by atoms with Gasteiger partial charge in [-0.25, -0.2) is 0 Å². The lowest BCUT2D eigenvalue weighted by atomic mass is 10.2. The first-order chi connectivity index (χ1) is 13.7. The predicted octanol–water partition coefficient (Wildman–Crippen LogP) is 4.39. The molecule has 5 nitrogen and oxygen atoms in total. The molecule has 3 aromatic carbocycles. The van der Waals surface area contributed by atoms with Gasteiger partial charge in [-0.3, -0.25) is 4.79 Å². The van der Waals surface area contributed by atoms with E-state index in [9.17, 15) is 9.90 Å². The van der Waals surface area contributed by atoms with Crippen molar-refractivity contribution in [3.8, 4) is 17.2 Å². The van der Waals surface area contributed by atoms with E-state index >= 15 is 0 Å². The quantitative estimate of drug-likeness (QED) is 0.526. The zero-order chi connectivity index (χ0) is 19.3. The number of nitrogens with one attached hydrogen (secondary N) is 1. The van der Waals surface area contributed by atoms with Gasteiger partial charge in [0.15, 0.2) is 5.75 Å². The van der Waals surface area contributed by atoms with Crippen LogP contribution in [0.1, 0.15) is 11.1 Å². The highest BCUT2D eigenvalue weighted by molar-refractivity contribution is 5.87. The van der Waals surface area contributed by atoms with E-state index in [-0.39, 0.29) is 18.1 Å². The number of aromatic amines is 1. The van der Waals surface area contributed by atoms with Gasteiger partial charge in [0.05, 0.1) is 5.52 Å². The van der Waals surface area contributed by atoms with E-state index in [4.69, 9.17) is 9.47 Å². The molecule has 5 heteroatoms. The lowest BCUT2D eigenvalue weighted by Crippen LogP contribution is -2.11. The van der Waals surface area contributed by atoms with Crippen LogP contribution >= 0.6 is 0 Å². The standard InChI is InChI=1S/C23H19NO4/c25-21-19-12-11-18(27-14-16-7-3-1-4-8-16)13-20(19)24-23(26)22(21)28-15-17-9-5-2-6-10-17/h1-13H,14-15H2,(H2,24,25,26). The molecular weight excluding hydrogens is 354 g/mol. The molecule has 0 amide bonds. The number of fused-ring (bicyclic) bond motifs is 1. The molecule has 1 heterocycles. The minimum atomic E-state index is -0.485. The van der Waals surface area contributed by atoms with E-state index < -0.39 is 5.56 Å². The Morgan fingerprint density at radius 1 is 0.786 bits per heavy atom. The van der Waals surface area contributed by atoms with Crippen molar-refractivity contribution < 1.29 is 14.6 Å². The summed E-state index contributed by atoms with van der Waals surface area (Å²) in [5.74, 6) is 0.336. The highest BCUT2D eigenvalue weighted by atomic mass is 16.5. The van der Waals surface area contributed by atoms with Gasteiger partial charge in [-0.05, 0) is 23.3 Å². The number of aromatic hydroxyl groups is 1. The lowest BCUT2D eigenvalue weighted by molar-refractivity contribution is 0.286. The van der Waals surface area contributed by atoms with Gasteiger partial charge in [0.25, 0.3) is 5.56 Å². The van der Waals surface area contributed by atoms with Crippen LogP contribution < -0.4 is 15.0 Å². The molecule has 28 heavy (non-hydrogen) atoms. The molecule has 0 radical (unpaired) electrons. The molecule has 4 rings (SSSR count). The summed E-state index contributed by atoms with van der Waals surface area (Å²) in [4.78, 5) is 15.1. The van der Waals surface area contributed by atoms with Gasteiger partial charge in [0.2, 0.25) is 5.75 Å². The summed E-state index contributed by atoms with van der Waals surface area (Å²) in [7, 11) is 0. The second kappa shape index (κ2) is 7.88. The average Bonchev–Trinajstić information content (AvgIpc) is 2.73. The number of ether oxygens (including phenoxy) is 2. The Bertz CT molecular complexity index is 1140. The Morgan fingerprint density at radius 3 is 2.04 bits per heavy atom. The van der Waals surface area contributed by atoms with E-state index in [0.29, 0.717) is 23.3 Å². The molecule has 0 unspecified atom stereocenters. The van der Waals surface area contributed by atoms with Crippen molar-refractivity contribution >= 4 is 10.9 Å². The second-order valence-electron chi connectivity index (χ2n) is 6.39. The zero-order valence-electron chi connectivity index (χ0n) is 15.1. The number of H-pyrrole nitrogens is 1. The molecule has 1 aromatic heterocycles. The van der Waals surface area contributed by atoms with Crippen molar-refractivity contribution in [2.45, 2.75) is 13.2 Å². The molecule has 0 bridgehead atoms. The van der Waals surface area contributed by atoms with E-state index in [0.717, 1.165) is 11.1 Å². The first-order valence-corrected chi connectivity index (χ1v) is 8.93. The summed E-state index contributed by atoms with van der Waals surface area (Å²) in [5.41, 5.74) is 1.95. The number of hydrogen-bond donors (Lipinski definition) is 2. The molecule has 0 aliphatic rings. The predicted molar refractivity (Wildman–Crippen MR) is 108 cm³/mol. The maximum Gasteiger partial charge on any atom is 0.294 e. The molecule has 2 N–H and O–H groups in total. The fraction of sp³-hybridized carbons (Fsp3) is 0.0870. The van der Waals surface area contributed by atoms with Gasteiger partial charge in [-0.1, -0.05) is 60.7 Å². The third-order valence-corrected chi connectivity index (χ3v) is 4.39. The normalized spacial score (nSPS) is 10.7. The van der Waals surface area contributed by atoms with E-state index in [1.807, 2.05) is 60.7 Å². The first kappa shape index (κ1) is 17.7. The molecule has 0 fully saturated rings. The summed E-state index contributed by atoms with van der Waals surface area (Å²) in [5, 5.41) is 11.0. The number of aromatic nitrogens is 1. The topological polar surface area (TPSA) is 71.6 Å². The molecular formula is C23H19NO4. The van der Waals surface area contributed by atoms with E-state index in [1.165, 1.54) is 0 Å². The van der Waals surface area contributed by atoms with E-state index in [1.54, 1.807) is 18.2 Å². The highest BCUT2D eigenvalue weighted by Crippen LogP contribution is 2.32. The van der Waals surface area contributed by atoms with Gasteiger partial charge in [-0.15, -0.1) is 0 Å². The second-order valence-corrected chi connectivity index (χ2v) is 6.39. The molecule has 0 aliphatic heterocycles. The van der Waals surface area contributed by atoms with Crippen molar-refractivity contribution in [3.05, 3.63) is 100 Å². The highest BCUT2D eigenvalue weighted by Gasteiger charge is 2.14. The minimum Gasteiger partial charge on any atom is -0.504 e. The molecule has 0 atom stereocenters. The maximum atomic E-state index is 12.4. The van der Waals surface area contributed by atoms with Crippen molar-refractivity contribution in [3.63, 3.8) is 0 Å². The molecule has 0 spiro atoms. The fourth-order valence-corrected chi connectivity index (χ4v) is 2.94. The van der Waals surface area contributed by atoms with Crippen molar-refractivity contribution in [1.29, 1.82) is 0 Å². The first-order valence-electron chi connectivity index (χ1n) is 8.93. The molecule has 0 aliphatic carbocycles. The Balaban J connectivity index is 1.56. The minimum absolute atomic E-state index is 0.0886. The van der Waals surface area contributed by atoms with Crippen LogP contribution in [0.25, 0.3) is 10.9 Å². The Kier molecular flexibility index (Phi) is 4.97. The van der Waals surface area contributed by atoms with Gasteiger partial charge in [-0.2, -0.15) is 0 Å². The largest absolute Gasteiger partial charge is 0.504 e. The number of rotatable bonds is 6. The third kappa shape index (κ3) is 3.83. The summed E-state index contributed by atoms with van der Waals surface area (Å²) >= 11 is 0. The Hall–Kier alpha value is -3.73. The van der Waals surface area contributed by atoms with Crippen LogP contribution in [0, 0.1) is 0 Å². The van der Waals surface area contributed by atoms with Crippen LogP contribution in [0.5, 0.6) is 17.2 Å². The Morgan fingerprint density at radius 2 is 1.39 bits per heavy atom. The lowest BCUT2D eigenvalue weighted by Gasteiger charge is -2.11. The number of benzene rings is 3. The van der Waals surface area contributed by atoms with Crippen LogP contribution in [-0.2, 0) is 13.2 Å². The van der Waals surface area contributed by atoms with Crippen molar-refractivity contribution in [2.24, 2.45) is 0 Å². The summed E-state index contributed by atoms with van der Waals surface area (Å²) in [6.07, 6.45) is 0. The maximum absolute atomic E-state index is 12.4. The van der Waals surface area contributed by atoms with Crippen molar-refractivity contribution in [2.75, 3.05) is 0 Å². The summed E-state index contributed by atoms with van der Waals surface area (Å²) < 4.78 is 11.4. The fourth-order valence-electron chi connectivity index (χ4n) is 2.94. The van der Waals surface area contributed by atoms with Crippen LogP contribution in [0.4, 0.5) is 0 Å². The zero-order valence-corrected chi connectivity index (χ0v) is 15.1. The van der Waals surface area contributed by atoms with Crippen LogP contribution in [0.2, 0.25) is 0 Å². The number of hydrogen-bond acceptors (Lipinski definition) is 4. The van der Waals surface area contributed by atoms with Crippen LogP contribution in [0.3, 0.4) is 0 Å².